The van der Waals surface area contributed by atoms with Gasteiger partial charge in [-0.05, 0) is 61.4 Å². The number of nitrogens with one attached hydrogen (secondary N) is 2. The summed E-state index contributed by atoms with van der Waals surface area (Å²) >= 11 is 0. The average molecular weight is 526 g/mol. The van der Waals surface area contributed by atoms with Crippen LogP contribution in [0.15, 0.2) is 92.1 Å². The molecule has 0 aliphatic rings. The summed E-state index contributed by atoms with van der Waals surface area (Å²) < 4.78 is 1.78. The Balaban J connectivity index is 1.89. The van der Waals surface area contributed by atoms with Crippen molar-refractivity contribution in [2.24, 2.45) is 0 Å². The van der Waals surface area contributed by atoms with E-state index in [0.717, 1.165) is 20.3 Å². The van der Waals surface area contributed by atoms with Gasteiger partial charge in [0.1, 0.15) is 0 Å². The second-order valence-electron chi connectivity index (χ2n) is 9.03. The number of hydrogen-bond donors (Lipinski definition) is 4. The molecule has 196 valence electrons. The highest BCUT2D eigenvalue weighted by molar-refractivity contribution is 5.51. The van der Waals surface area contributed by atoms with Crippen LogP contribution in [0.25, 0.3) is 11.4 Å². The molecule has 0 aliphatic heterocycles. The highest BCUT2D eigenvalue weighted by Gasteiger charge is 2.33. The van der Waals surface area contributed by atoms with Crippen molar-refractivity contribution in [3.63, 3.8) is 0 Å². The first-order chi connectivity index (χ1) is 18.7. The lowest BCUT2D eigenvalue weighted by Crippen LogP contribution is -2.36. The van der Waals surface area contributed by atoms with E-state index in [4.69, 9.17) is 0 Å². The topological polar surface area (TPSA) is 163 Å². The number of aryl methyl sites for hydroxylation is 2. The number of hydrogen-bond acceptors (Lipinski definition) is 7. The molecule has 0 aliphatic carbocycles. The maximum absolute atomic E-state index is 13.3. The van der Waals surface area contributed by atoms with Gasteiger partial charge in [-0.1, -0.05) is 30.3 Å². The Bertz CT molecular complexity index is 1830. The molecule has 0 atom stereocenters. The molecule has 0 fully saturated rings. The van der Waals surface area contributed by atoms with Crippen molar-refractivity contribution in [1.82, 2.24) is 24.1 Å². The SMILES string of the molecule is Cc1cccc(-n2c(O)c(C(c3ccccn3)c3c(O)n(-c4cccc(C)c4)c(=O)[nH]c3=O)c(=O)[nH]c2=O)c1. The van der Waals surface area contributed by atoms with Gasteiger partial charge in [0.25, 0.3) is 11.1 Å². The number of aromatic amines is 2. The summed E-state index contributed by atoms with van der Waals surface area (Å²) in [4.78, 5) is 60.9. The summed E-state index contributed by atoms with van der Waals surface area (Å²) in [5.74, 6) is -2.98. The number of benzene rings is 2. The number of pyridine rings is 1. The lowest BCUT2D eigenvalue weighted by molar-refractivity contribution is 0.411. The molecular formula is C28H23N5O6. The second kappa shape index (κ2) is 9.78. The van der Waals surface area contributed by atoms with Gasteiger partial charge in [0.05, 0.1) is 34.1 Å². The first kappa shape index (κ1) is 25.2. The average Bonchev–Trinajstić information content (AvgIpc) is 2.88. The van der Waals surface area contributed by atoms with Crippen LogP contribution in [-0.4, -0.2) is 34.3 Å². The maximum Gasteiger partial charge on any atom is 0.335 e. The van der Waals surface area contributed by atoms with Gasteiger partial charge in [-0.2, -0.15) is 0 Å². The number of aromatic hydroxyl groups is 2. The van der Waals surface area contributed by atoms with E-state index in [1.165, 1.54) is 12.3 Å². The molecular weight excluding hydrogens is 502 g/mol. The largest absolute Gasteiger partial charge is 0.494 e. The van der Waals surface area contributed by atoms with Gasteiger partial charge in [0.15, 0.2) is 0 Å². The lowest BCUT2D eigenvalue weighted by atomic mass is 9.90. The van der Waals surface area contributed by atoms with Crippen molar-refractivity contribution in [2.75, 3.05) is 0 Å². The number of rotatable bonds is 5. The normalized spacial score (nSPS) is 11.2. The van der Waals surface area contributed by atoms with Crippen LogP contribution in [0.4, 0.5) is 0 Å². The molecule has 4 N–H and O–H groups in total. The Morgan fingerprint density at radius 1 is 0.692 bits per heavy atom. The van der Waals surface area contributed by atoms with E-state index in [0.29, 0.717) is 0 Å². The Morgan fingerprint density at radius 2 is 1.18 bits per heavy atom. The van der Waals surface area contributed by atoms with Gasteiger partial charge >= 0.3 is 11.4 Å². The minimum atomic E-state index is -1.48. The molecule has 3 heterocycles. The first-order valence-corrected chi connectivity index (χ1v) is 11.9. The second-order valence-corrected chi connectivity index (χ2v) is 9.03. The van der Waals surface area contributed by atoms with Crippen molar-refractivity contribution in [1.29, 1.82) is 0 Å². The molecule has 0 radical (unpaired) electrons. The highest BCUT2D eigenvalue weighted by atomic mass is 16.3. The molecule has 39 heavy (non-hydrogen) atoms. The van der Waals surface area contributed by atoms with Gasteiger partial charge < -0.3 is 10.2 Å². The fraction of sp³-hybridized carbons (Fsp3) is 0.107. The van der Waals surface area contributed by atoms with Crippen LogP contribution in [-0.2, 0) is 0 Å². The van der Waals surface area contributed by atoms with E-state index in [1.54, 1.807) is 74.5 Å². The zero-order valence-corrected chi connectivity index (χ0v) is 20.9. The molecule has 11 heteroatoms. The zero-order valence-electron chi connectivity index (χ0n) is 20.9. The smallest absolute Gasteiger partial charge is 0.335 e. The molecule has 11 nitrogen and oxygen atoms in total. The fourth-order valence-electron chi connectivity index (χ4n) is 4.60. The Labute approximate surface area is 220 Å². The molecule has 3 aromatic heterocycles. The highest BCUT2D eigenvalue weighted by Crippen LogP contribution is 2.36. The minimum absolute atomic E-state index is 0.1000. The van der Waals surface area contributed by atoms with E-state index in [-0.39, 0.29) is 17.1 Å². The summed E-state index contributed by atoms with van der Waals surface area (Å²) in [7, 11) is 0. The Morgan fingerprint density at radius 3 is 1.59 bits per heavy atom. The molecule has 0 saturated heterocycles. The number of aromatic nitrogens is 5. The third kappa shape index (κ3) is 4.46. The van der Waals surface area contributed by atoms with Gasteiger partial charge in [-0.25, -0.2) is 18.7 Å². The summed E-state index contributed by atoms with van der Waals surface area (Å²) in [6.07, 6.45) is 1.41. The summed E-state index contributed by atoms with van der Waals surface area (Å²) in [5.41, 5.74) is -2.47. The van der Waals surface area contributed by atoms with Crippen molar-refractivity contribution in [3.8, 4) is 23.1 Å². The molecule has 0 unspecified atom stereocenters. The summed E-state index contributed by atoms with van der Waals surface area (Å²) in [6, 6.07) is 18.0. The third-order valence-electron chi connectivity index (χ3n) is 6.32. The van der Waals surface area contributed by atoms with Crippen LogP contribution in [0.5, 0.6) is 11.8 Å². The fourth-order valence-corrected chi connectivity index (χ4v) is 4.60. The van der Waals surface area contributed by atoms with E-state index >= 15 is 0 Å². The van der Waals surface area contributed by atoms with Crippen LogP contribution in [0.1, 0.15) is 33.9 Å². The summed E-state index contributed by atoms with van der Waals surface area (Å²) in [6.45, 7) is 3.59. The van der Waals surface area contributed by atoms with Crippen LogP contribution >= 0.6 is 0 Å². The maximum atomic E-state index is 13.3. The van der Waals surface area contributed by atoms with Crippen molar-refractivity contribution in [3.05, 3.63) is 143 Å². The van der Waals surface area contributed by atoms with Gasteiger partial charge in [0.2, 0.25) is 11.8 Å². The van der Waals surface area contributed by atoms with E-state index in [2.05, 4.69) is 15.0 Å². The zero-order chi connectivity index (χ0) is 27.8. The monoisotopic (exact) mass is 525 g/mol. The van der Waals surface area contributed by atoms with Crippen molar-refractivity contribution < 1.29 is 10.2 Å². The number of nitrogens with zero attached hydrogens (tertiary/aromatic N) is 3. The molecule has 0 saturated carbocycles. The van der Waals surface area contributed by atoms with Crippen LogP contribution in [0.3, 0.4) is 0 Å². The number of H-pyrrole nitrogens is 2. The van der Waals surface area contributed by atoms with Gasteiger partial charge in [0, 0.05) is 6.20 Å². The molecule has 0 amide bonds. The lowest BCUT2D eigenvalue weighted by Gasteiger charge is -2.21. The van der Waals surface area contributed by atoms with E-state index < -0.39 is 51.3 Å². The molecule has 5 aromatic rings. The quantitative estimate of drug-likeness (QED) is 0.273. The summed E-state index contributed by atoms with van der Waals surface area (Å²) in [5, 5.41) is 22.8. The molecule has 2 aromatic carbocycles. The van der Waals surface area contributed by atoms with E-state index in [9.17, 15) is 29.4 Å². The van der Waals surface area contributed by atoms with Crippen LogP contribution in [0, 0.1) is 13.8 Å². The minimum Gasteiger partial charge on any atom is -0.494 e. The molecule has 0 bridgehead atoms. The Hall–Kier alpha value is -5.45. The van der Waals surface area contributed by atoms with Gasteiger partial charge in [-0.3, -0.25) is 24.5 Å². The van der Waals surface area contributed by atoms with Crippen molar-refractivity contribution >= 4 is 0 Å². The Kier molecular flexibility index (Phi) is 6.32. The van der Waals surface area contributed by atoms with Crippen LogP contribution < -0.4 is 22.5 Å². The van der Waals surface area contributed by atoms with E-state index in [1.807, 2.05) is 0 Å². The molecule has 0 spiro atoms. The van der Waals surface area contributed by atoms with Crippen molar-refractivity contribution in [2.45, 2.75) is 19.8 Å². The van der Waals surface area contributed by atoms with Crippen LogP contribution in [0.2, 0.25) is 0 Å². The predicted octanol–water partition coefficient (Wildman–Crippen LogP) is 1.97. The predicted molar refractivity (Wildman–Crippen MR) is 143 cm³/mol. The standard InChI is InChI=1S/C28H23N5O6/c1-15-7-5-9-17(13-15)32-25(36)21(23(34)30-27(32)38)20(19-11-3-4-12-29-19)22-24(35)31-28(39)33(26(22)37)18-10-6-8-16(2)14-18/h3-14,20,36-37H,1-2H3,(H,30,34,38)(H,31,35,39). The third-order valence-corrected chi connectivity index (χ3v) is 6.32. The van der Waals surface area contributed by atoms with Gasteiger partial charge in [-0.15, -0.1) is 0 Å². The first-order valence-electron chi connectivity index (χ1n) is 11.9. The molecule has 5 rings (SSSR count).